The summed E-state index contributed by atoms with van der Waals surface area (Å²) in [4.78, 5) is 15.9. The SMILES string of the molecule is CC(O)c1cccnc1Sc1n[nH]c(=O)n1C(C)C. The summed E-state index contributed by atoms with van der Waals surface area (Å²) in [7, 11) is 0. The maximum atomic E-state index is 11.7. The molecule has 2 heterocycles. The molecule has 0 spiro atoms. The van der Waals surface area contributed by atoms with Gasteiger partial charge < -0.3 is 5.11 Å². The normalized spacial score (nSPS) is 12.9. The maximum absolute atomic E-state index is 11.7. The van der Waals surface area contributed by atoms with E-state index in [1.54, 1.807) is 23.8 Å². The summed E-state index contributed by atoms with van der Waals surface area (Å²) in [6.07, 6.45) is 1.04. The fraction of sp³-hybridized carbons (Fsp3) is 0.417. The standard InChI is InChI=1S/C12H16N4O2S/c1-7(2)16-11(18)14-15-12(16)19-10-9(8(3)17)5-4-6-13-10/h4-8,17H,1-3H3,(H,14,18). The summed E-state index contributed by atoms with van der Waals surface area (Å²) >= 11 is 1.27. The first kappa shape index (κ1) is 13.8. The Balaban J connectivity index is 2.40. The van der Waals surface area contributed by atoms with Crippen LogP contribution in [0.3, 0.4) is 0 Å². The summed E-state index contributed by atoms with van der Waals surface area (Å²) in [6, 6.07) is 3.59. The highest BCUT2D eigenvalue weighted by atomic mass is 32.2. The molecule has 1 unspecified atom stereocenters. The van der Waals surface area contributed by atoms with Crippen molar-refractivity contribution in [3.05, 3.63) is 34.4 Å². The third-order valence-corrected chi connectivity index (χ3v) is 3.63. The number of aliphatic hydroxyl groups excluding tert-OH is 1. The molecule has 0 aliphatic rings. The van der Waals surface area contributed by atoms with Crippen molar-refractivity contribution in [1.29, 1.82) is 0 Å². The van der Waals surface area contributed by atoms with E-state index in [1.165, 1.54) is 11.8 Å². The first-order valence-electron chi connectivity index (χ1n) is 5.98. The monoisotopic (exact) mass is 280 g/mol. The zero-order chi connectivity index (χ0) is 14.0. The largest absolute Gasteiger partial charge is 0.389 e. The van der Waals surface area contributed by atoms with E-state index in [-0.39, 0.29) is 11.7 Å². The van der Waals surface area contributed by atoms with E-state index in [4.69, 9.17) is 0 Å². The van der Waals surface area contributed by atoms with Crippen LogP contribution in [0.25, 0.3) is 0 Å². The van der Waals surface area contributed by atoms with Crippen LogP contribution in [0.15, 0.2) is 33.3 Å². The van der Waals surface area contributed by atoms with Gasteiger partial charge in [-0.05, 0) is 38.6 Å². The molecule has 0 aromatic carbocycles. The first-order chi connectivity index (χ1) is 9.00. The summed E-state index contributed by atoms with van der Waals surface area (Å²) in [6.45, 7) is 5.51. The molecule has 2 aromatic rings. The number of nitrogens with one attached hydrogen (secondary N) is 1. The summed E-state index contributed by atoms with van der Waals surface area (Å²) in [5.74, 6) is 0. The summed E-state index contributed by atoms with van der Waals surface area (Å²) in [5, 5.41) is 17.3. The lowest BCUT2D eigenvalue weighted by molar-refractivity contribution is 0.195. The van der Waals surface area contributed by atoms with Gasteiger partial charge in [0.05, 0.1) is 6.10 Å². The Labute approximate surface area is 114 Å². The number of hydrogen-bond donors (Lipinski definition) is 2. The molecule has 2 N–H and O–H groups in total. The van der Waals surface area contributed by atoms with Gasteiger partial charge in [0, 0.05) is 17.8 Å². The Bertz CT molecular complexity index is 618. The molecular weight excluding hydrogens is 264 g/mol. The minimum absolute atomic E-state index is 0.00691. The second kappa shape index (κ2) is 5.58. The van der Waals surface area contributed by atoms with Crippen molar-refractivity contribution >= 4 is 11.8 Å². The molecule has 2 rings (SSSR count). The lowest BCUT2D eigenvalue weighted by atomic mass is 10.2. The molecule has 6 nitrogen and oxygen atoms in total. The van der Waals surface area contributed by atoms with Crippen LogP contribution < -0.4 is 5.69 Å². The lowest BCUT2D eigenvalue weighted by Crippen LogP contribution is -2.19. The summed E-state index contributed by atoms with van der Waals surface area (Å²) < 4.78 is 1.56. The molecule has 1 atom stereocenters. The second-order valence-corrected chi connectivity index (χ2v) is 5.41. The predicted molar refractivity (Wildman–Crippen MR) is 72.2 cm³/mol. The van der Waals surface area contributed by atoms with Crippen LogP contribution in [0.5, 0.6) is 0 Å². The molecule has 0 saturated heterocycles. The average molecular weight is 280 g/mol. The number of pyridine rings is 1. The van der Waals surface area contributed by atoms with Crippen molar-refractivity contribution < 1.29 is 5.11 Å². The number of aliphatic hydroxyl groups is 1. The van der Waals surface area contributed by atoms with Gasteiger partial charge in [0.15, 0.2) is 5.16 Å². The van der Waals surface area contributed by atoms with Gasteiger partial charge in [-0.15, -0.1) is 5.10 Å². The van der Waals surface area contributed by atoms with E-state index in [0.29, 0.717) is 10.2 Å². The minimum atomic E-state index is -0.616. The zero-order valence-corrected chi connectivity index (χ0v) is 11.8. The Morgan fingerprint density at radius 1 is 1.42 bits per heavy atom. The molecule has 0 aliphatic heterocycles. The zero-order valence-electron chi connectivity index (χ0n) is 11.0. The molecule has 0 aliphatic carbocycles. The fourth-order valence-electron chi connectivity index (χ4n) is 1.71. The number of H-pyrrole nitrogens is 1. The van der Waals surface area contributed by atoms with Crippen LogP contribution in [0.1, 0.15) is 38.5 Å². The van der Waals surface area contributed by atoms with Crippen molar-refractivity contribution in [2.45, 2.75) is 43.1 Å². The van der Waals surface area contributed by atoms with E-state index in [1.807, 2.05) is 19.9 Å². The van der Waals surface area contributed by atoms with Crippen LogP contribution in [0.2, 0.25) is 0 Å². The van der Waals surface area contributed by atoms with Gasteiger partial charge in [-0.2, -0.15) is 0 Å². The molecule has 0 radical (unpaired) electrons. The van der Waals surface area contributed by atoms with Crippen molar-refractivity contribution in [3.8, 4) is 0 Å². The Kier molecular flexibility index (Phi) is 4.06. The summed E-state index contributed by atoms with van der Waals surface area (Å²) in [5.41, 5.74) is 0.477. The molecule has 0 amide bonds. The molecular formula is C12H16N4O2S. The molecule has 0 saturated carbocycles. The van der Waals surface area contributed by atoms with Crippen LogP contribution in [0, 0.1) is 0 Å². The highest BCUT2D eigenvalue weighted by molar-refractivity contribution is 7.99. The lowest BCUT2D eigenvalue weighted by Gasteiger charge is -2.11. The van der Waals surface area contributed by atoms with Gasteiger partial charge in [-0.3, -0.25) is 4.57 Å². The minimum Gasteiger partial charge on any atom is -0.389 e. The van der Waals surface area contributed by atoms with Crippen molar-refractivity contribution in [2.24, 2.45) is 0 Å². The van der Waals surface area contributed by atoms with Gasteiger partial charge in [-0.25, -0.2) is 14.9 Å². The Morgan fingerprint density at radius 2 is 2.16 bits per heavy atom. The van der Waals surface area contributed by atoms with Gasteiger partial charge in [0.25, 0.3) is 0 Å². The Hall–Kier alpha value is -1.60. The smallest absolute Gasteiger partial charge is 0.344 e. The molecule has 7 heteroatoms. The van der Waals surface area contributed by atoms with E-state index < -0.39 is 6.10 Å². The van der Waals surface area contributed by atoms with Crippen LogP contribution in [0.4, 0.5) is 0 Å². The number of aromatic nitrogens is 4. The van der Waals surface area contributed by atoms with E-state index in [0.717, 1.165) is 5.56 Å². The van der Waals surface area contributed by atoms with E-state index in [9.17, 15) is 9.90 Å². The molecule has 0 fully saturated rings. The second-order valence-electron chi connectivity index (χ2n) is 4.45. The molecule has 0 bridgehead atoms. The molecule has 19 heavy (non-hydrogen) atoms. The Morgan fingerprint density at radius 3 is 2.79 bits per heavy atom. The van der Waals surface area contributed by atoms with Gasteiger partial charge >= 0.3 is 5.69 Å². The van der Waals surface area contributed by atoms with Crippen molar-refractivity contribution in [3.63, 3.8) is 0 Å². The van der Waals surface area contributed by atoms with Gasteiger partial charge in [0.1, 0.15) is 5.03 Å². The number of nitrogens with zero attached hydrogens (tertiary/aromatic N) is 3. The number of aromatic amines is 1. The fourth-order valence-corrected chi connectivity index (χ4v) is 2.84. The van der Waals surface area contributed by atoms with Crippen LogP contribution >= 0.6 is 11.8 Å². The van der Waals surface area contributed by atoms with Crippen LogP contribution in [-0.2, 0) is 0 Å². The highest BCUT2D eigenvalue weighted by Crippen LogP contribution is 2.30. The average Bonchev–Trinajstić information content (AvgIpc) is 2.71. The van der Waals surface area contributed by atoms with Crippen molar-refractivity contribution in [2.75, 3.05) is 0 Å². The highest BCUT2D eigenvalue weighted by Gasteiger charge is 2.16. The van der Waals surface area contributed by atoms with Gasteiger partial charge in [0.2, 0.25) is 0 Å². The molecule has 2 aromatic heterocycles. The van der Waals surface area contributed by atoms with E-state index in [2.05, 4.69) is 15.2 Å². The third kappa shape index (κ3) is 2.87. The maximum Gasteiger partial charge on any atom is 0.344 e. The van der Waals surface area contributed by atoms with Gasteiger partial charge in [-0.1, -0.05) is 6.07 Å². The van der Waals surface area contributed by atoms with E-state index >= 15 is 0 Å². The predicted octanol–water partition coefficient (Wildman–Crippen LogP) is 1.75. The first-order valence-corrected chi connectivity index (χ1v) is 6.80. The quantitative estimate of drug-likeness (QED) is 0.891. The van der Waals surface area contributed by atoms with Crippen LogP contribution in [-0.4, -0.2) is 24.9 Å². The third-order valence-electron chi connectivity index (χ3n) is 2.63. The molecule has 102 valence electrons. The topological polar surface area (TPSA) is 83.8 Å². The number of rotatable bonds is 4. The van der Waals surface area contributed by atoms with Crippen molar-refractivity contribution in [1.82, 2.24) is 19.7 Å². The number of hydrogen-bond acceptors (Lipinski definition) is 5.